The summed E-state index contributed by atoms with van der Waals surface area (Å²) in [5.41, 5.74) is 1.76. The lowest BCUT2D eigenvalue weighted by atomic mass is 10.2. The molecule has 7 nitrogen and oxygen atoms in total. The van der Waals surface area contributed by atoms with E-state index in [1.165, 1.54) is 24.3 Å². The first-order chi connectivity index (χ1) is 12.9. The first kappa shape index (κ1) is 18.0. The fraction of sp³-hybridized carbons (Fsp3) is 0.150. The van der Waals surface area contributed by atoms with E-state index >= 15 is 0 Å². The highest BCUT2D eigenvalue weighted by Crippen LogP contribution is 2.40. The number of anilines is 2. The molecule has 0 radical (unpaired) electrons. The van der Waals surface area contributed by atoms with Crippen LogP contribution in [-0.2, 0) is 9.53 Å². The van der Waals surface area contributed by atoms with Crippen molar-refractivity contribution in [2.75, 3.05) is 30.5 Å². The fourth-order valence-electron chi connectivity index (χ4n) is 2.98. The molecule has 0 bridgehead atoms. The van der Waals surface area contributed by atoms with Crippen molar-refractivity contribution in [2.24, 2.45) is 0 Å². The van der Waals surface area contributed by atoms with Crippen LogP contribution >= 0.6 is 0 Å². The maximum absolute atomic E-state index is 12.5. The standard InChI is InChI=1S/C20H17N3O4/c1-22-16-8-3-4-9-17(16)23(2)19(22)15(11-21)18(25)12-27-20(26)13-6-5-7-14(24)10-13/h3-10,24H,12H2,1-2H3. The molecule has 1 heterocycles. The molecule has 3 rings (SSSR count). The highest BCUT2D eigenvalue weighted by Gasteiger charge is 2.31. The topological polar surface area (TPSA) is 93.9 Å². The van der Waals surface area contributed by atoms with Crippen LogP contribution in [0.1, 0.15) is 10.4 Å². The summed E-state index contributed by atoms with van der Waals surface area (Å²) in [6.45, 7) is -0.571. The maximum Gasteiger partial charge on any atom is 0.338 e. The van der Waals surface area contributed by atoms with Crippen molar-refractivity contribution in [3.8, 4) is 11.8 Å². The summed E-state index contributed by atoms with van der Waals surface area (Å²) in [5.74, 6) is -1.01. The van der Waals surface area contributed by atoms with Crippen molar-refractivity contribution in [3.63, 3.8) is 0 Å². The van der Waals surface area contributed by atoms with Crippen molar-refractivity contribution in [2.45, 2.75) is 0 Å². The van der Waals surface area contributed by atoms with Gasteiger partial charge >= 0.3 is 5.97 Å². The SMILES string of the molecule is CN1C(=C(C#N)C(=O)COC(=O)c2cccc(O)c2)N(C)c2ccccc21. The van der Waals surface area contributed by atoms with Gasteiger partial charge in [0, 0.05) is 14.1 Å². The number of ketones is 1. The Labute approximate surface area is 156 Å². The van der Waals surface area contributed by atoms with Gasteiger partial charge in [-0.1, -0.05) is 18.2 Å². The van der Waals surface area contributed by atoms with Crippen LogP contribution in [0, 0.1) is 11.3 Å². The Morgan fingerprint density at radius 1 is 1.07 bits per heavy atom. The number of benzene rings is 2. The zero-order chi connectivity index (χ0) is 19.6. The first-order valence-electron chi connectivity index (χ1n) is 8.14. The van der Waals surface area contributed by atoms with Crippen LogP contribution in [-0.4, -0.2) is 37.6 Å². The molecule has 0 amide bonds. The van der Waals surface area contributed by atoms with E-state index in [1.807, 2.05) is 30.3 Å². The predicted octanol–water partition coefficient (Wildman–Crippen LogP) is 2.44. The molecule has 0 saturated heterocycles. The molecule has 2 aromatic rings. The molecule has 27 heavy (non-hydrogen) atoms. The van der Waals surface area contributed by atoms with Crippen LogP contribution in [0.5, 0.6) is 5.75 Å². The Bertz CT molecular complexity index is 960. The Morgan fingerprint density at radius 3 is 2.26 bits per heavy atom. The molecular weight excluding hydrogens is 346 g/mol. The largest absolute Gasteiger partial charge is 0.508 e. The predicted molar refractivity (Wildman–Crippen MR) is 99.3 cm³/mol. The Morgan fingerprint density at radius 2 is 1.70 bits per heavy atom. The minimum absolute atomic E-state index is 0.0809. The second-order valence-electron chi connectivity index (χ2n) is 5.97. The first-order valence-corrected chi connectivity index (χ1v) is 8.14. The summed E-state index contributed by atoms with van der Waals surface area (Å²) in [6.07, 6.45) is 0. The maximum atomic E-state index is 12.5. The van der Waals surface area contributed by atoms with E-state index in [-0.39, 0.29) is 16.9 Å². The molecule has 0 aromatic heterocycles. The summed E-state index contributed by atoms with van der Waals surface area (Å²) >= 11 is 0. The lowest BCUT2D eigenvalue weighted by molar-refractivity contribution is -0.118. The Kier molecular flexibility index (Phi) is 4.81. The number of nitrogens with zero attached hydrogens (tertiary/aromatic N) is 3. The van der Waals surface area contributed by atoms with Crippen molar-refractivity contribution in [1.82, 2.24) is 0 Å². The van der Waals surface area contributed by atoms with Gasteiger partial charge in [-0.15, -0.1) is 0 Å². The molecule has 7 heteroatoms. The third-order valence-electron chi connectivity index (χ3n) is 4.27. The van der Waals surface area contributed by atoms with E-state index in [9.17, 15) is 20.0 Å². The number of ether oxygens (including phenoxy) is 1. The second kappa shape index (κ2) is 7.22. The van der Waals surface area contributed by atoms with Crippen LogP contribution in [0.15, 0.2) is 59.9 Å². The monoisotopic (exact) mass is 363 g/mol. The molecule has 0 saturated carbocycles. The molecule has 1 aliphatic heterocycles. The number of hydrogen-bond donors (Lipinski definition) is 1. The van der Waals surface area contributed by atoms with Gasteiger partial charge in [-0.25, -0.2) is 4.79 Å². The minimum Gasteiger partial charge on any atom is -0.508 e. The number of carbonyl (C=O) groups excluding carboxylic acids is 2. The average molecular weight is 363 g/mol. The number of rotatable bonds is 4. The summed E-state index contributed by atoms with van der Waals surface area (Å²) in [4.78, 5) is 28.1. The van der Waals surface area contributed by atoms with Gasteiger partial charge in [-0.05, 0) is 30.3 Å². The molecule has 2 aromatic carbocycles. The highest BCUT2D eigenvalue weighted by atomic mass is 16.5. The van der Waals surface area contributed by atoms with Gasteiger partial charge in [0.2, 0.25) is 5.78 Å². The van der Waals surface area contributed by atoms with E-state index in [0.717, 1.165) is 11.4 Å². The number of Topliss-reactive ketones (excluding diaryl/α,β-unsaturated/α-hetero) is 1. The minimum atomic E-state index is -0.752. The van der Waals surface area contributed by atoms with Crippen LogP contribution in [0.3, 0.4) is 0 Å². The molecule has 0 unspecified atom stereocenters. The molecular formula is C20H17N3O4. The summed E-state index contributed by atoms with van der Waals surface area (Å²) < 4.78 is 5.01. The van der Waals surface area contributed by atoms with Crippen LogP contribution in [0.25, 0.3) is 0 Å². The normalized spacial score (nSPS) is 12.4. The van der Waals surface area contributed by atoms with Crippen LogP contribution in [0.4, 0.5) is 11.4 Å². The summed E-state index contributed by atoms with van der Waals surface area (Å²) in [7, 11) is 3.53. The molecule has 0 aliphatic carbocycles. The van der Waals surface area contributed by atoms with Crippen molar-refractivity contribution in [1.29, 1.82) is 5.26 Å². The zero-order valence-electron chi connectivity index (χ0n) is 14.8. The van der Waals surface area contributed by atoms with Gasteiger partial charge in [0.1, 0.15) is 23.2 Å². The van der Waals surface area contributed by atoms with Crippen LogP contribution in [0.2, 0.25) is 0 Å². The molecule has 0 fully saturated rings. The Balaban J connectivity index is 1.80. The number of carbonyl (C=O) groups is 2. The highest BCUT2D eigenvalue weighted by molar-refractivity contribution is 6.04. The van der Waals surface area contributed by atoms with Gasteiger partial charge in [0.25, 0.3) is 0 Å². The molecule has 0 atom stereocenters. The fourth-order valence-corrected chi connectivity index (χ4v) is 2.98. The van der Waals surface area contributed by atoms with Gasteiger partial charge in [0.15, 0.2) is 6.61 Å². The number of hydrogen-bond acceptors (Lipinski definition) is 7. The lowest BCUT2D eigenvalue weighted by Gasteiger charge is -2.19. The number of phenolic OH excluding ortho intramolecular Hbond substituents is 1. The lowest BCUT2D eigenvalue weighted by Crippen LogP contribution is -2.27. The zero-order valence-corrected chi connectivity index (χ0v) is 14.8. The van der Waals surface area contributed by atoms with E-state index < -0.39 is 18.4 Å². The third-order valence-corrected chi connectivity index (χ3v) is 4.27. The van der Waals surface area contributed by atoms with E-state index in [0.29, 0.717) is 5.82 Å². The molecule has 0 spiro atoms. The molecule has 1 aliphatic rings. The number of esters is 1. The average Bonchev–Trinajstić information content (AvgIpc) is 2.92. The number of phenols is 1. The summed E-state index contributed by atoms with van der Waals surface area (Å²) in [5, 5.41) is 19.0. The van der Waals surface area contributed by atoms with Crippen molar-refractivity contribution in [3.05, 3.63) is 65.5 Å². The van der Waals surface area contributed by atoms with E-state index in [1.54, 1.807) is 23.9 Å². The van der Waals surface area contributed by atoms with Gasteiger partial charge < -0.3 is 19.6 Å². The quantitative estimate of drug-likeness (QED) is 0.506. The van der Waals surface area contributed by atoms with Crippen molar-refractivity contribution >= 4 is 23.1 Å². The number of aromatic hydroxyl groups is 1. The van der Waals surface area contributed by atoms with Gasteiger partial charge in [-0.2, -0.15) is 5.26 Å². The molecule has 1 N–H and O–H groups in total. The summed E-state index contributed by atoms with van der Waals surface area (Å²) in [6, 6.07) is 15.1. The third kappa shape index (κ3) is 3.33. The van der Waals surface area contributed by atoms with Crippen molar-refractivity contribution < 1.29 is 19.4 Å². The Hall–Kier alpha value is -3.79. The van der Waals surface area contributed by atoms with E-state index in [2.05, 4.69) is 0 Å². The molecule has 136 valence electrons. The van der Waals surface area contributed by atoms with E-state index in [4.69, 9.17) is 4.74 Å². The second-order valence-corrected chi connectivity index (χ2v) is 5.97. The number of nitriles is 1. The smallest absolute Gasteiger partial charge is 0.338 e. The van der Waals surface area contributed by atoms with Crippen LogP contribution < -0.4 is 9.80 Å². The number of fused-ring (bicyclic) bond motifs is 1. The number of para-hydroxylation sites is 2. The van der Waals surface area contributed by atoms with Gasteiger partial charge in [-0.3, -0.25) is 4.79 Å². The van der Waals surface area contributed by atoms with Gasteiger partial charge in [0.05, 0.1) is 16.9 Å².